The third kappa shape index (κ3) is 3.93. The first-order valence-electron chi connectivity index (χ1n) is 19.6. The van der Waals surface area contributed by atoms with Gasteiger partial charge in [-0.2, -0.15) is 0 Å². The molecular weight excluding hydrogens is 673 g/mol. The number of fused-ring (bicyclic) bond motifs is 12. The molecule has 56 heavy (non-hydrogen) atoms. The molecule has 0 N–H and O–H groups in total. The summed E-state index contributed by atoms with van der Waals surface area (Å²) in [6.45, 7) is 0. The van der Waals surface area contributed by atoms with Crippen LogP contribution in [0.15, 0.2) is 194 Å². The predicted molar refractivity (Wildman–Crippen MR) is 244 cm³/mol. The van der Waals surface area contributed by atoms with Crippen LogP contribution in [0.3, 0.4) is 0 Å². The molecule has 0 aliphatic rings. The molecule has 0 bridgehead atoms. The lowest BCUT2D eigenvalue weighted by Gasteiger charge is -2.23. The molecular formula is C56H32. The number of rotatable bonds is 2. The van der Waals surface area contributed by atoms with E-state index in [0.29, 0.717) is 0 Å². The van der Waals surface area contributed by atoms with Crippen LogP contribution in [0, 0.1) is 0 Å². The molecule has 0 aliphatic heterocycles. The van der Waals surface area contributed by atoms with Crippen LogP contribution >= 0.6 is 0 Å². The van der Waals surface area contributed by atoms with Gasteiger partial charge < -0.3 is 0 Å². The van der Waals surface area contributed by atoms with Crippen LogP contribution in [0.25, 0.3) is 130 Å². The van der Waals surface area contributed by atoms with Crippen LogP contribution in [0.5, 0.6) is 0 Å². The second-order valence-electron chi connectivity index (χ2n) is 15.5. The van der Waals surface area contributed by atoms with Crippen molar-refractivity contribution in [2.24, 2.45) is 0 Å². The van der Waals surface area contributed by atoms with E-state index in [1.54, 1.807) is 0 Å². The third-order valence-electron chi connectivity index (χ3n) is 12.7. The lowest BCUT2D eigenvalue weighted by atomic mass is 9.80. The smallest absolute Gasteiger partial charge is 0.00139 e. The van der Waals surface area contributed by atoms with Gasteiger partial charge in [-0.05, 0) is 136 Å². The molecule has 0 saturated carbocycles. The first kappa shape index (κ1) is 30.1. The summed E-state index contributed by atoms with van der Waals surface area (Å²) in [5, 5.41) is 25.9. The fourth-order valence-electron chi connectivity index (χ4n) is 10.4. The summed E-state index contributed by atoms with van der Waals surface area (Å²) in [4.78, 5) is 0. The van der Waals surface area contributed by atoms with E-state index in [9.17, 15) is 0 Å². The summed E-state index contributed by atoms with van der Waals surface area (Å²) >= 11 is 0. The van der Waals surface area contributed by atoms with E-state index in [0.717, 1.165) is 0 Å². The van der Waals surface area contributed by atoms with Gasteiger partial charge in [-0.1, -0.05) is 188 Å². The van der Waals surface area contributed by atoms with Gasteiger partial charge in [-0.15, -0.1) is 0 Å². The molecule has 0 amide bonds. The summed E-state index contributed by atoms with van der Waals surface area (Å²) in [5.74, 6) is 0. The van der Waals surface area contributed by atoms with Gasteiger partial charge in [0.15, 0.2) is 0 Å². The Morgan fingerprint density at radius 3 is 1.38 bits per heavy atom. The van der Waals surface area contributed by atoms with Crippen molar-refractivity contribution in [2.75, 3.05) is 0 Å². The van der Waals surface area contributed by atoms with Crippen LogP contribution in [-0.4, -0.2) is 0 Å². The molecule has 13 aromatic rings. The fourth-order valence-corrected chi connectivity index (χ4v) is 10.4. The van der Waals surface area contributed by atoms with Gasteiger partial charge in [-0.3, -0.25) is 0 Å². The molecule has 0 fully saturated rings. The Labute approximate surface area is 322 Å². The van der Waals surface area contributed by atoms with E-state index in [1.165, 1.54) is 130 Å². The monoisotopic (exact) mass is 704 g/mol. The van der Waals surface area contributed by atoms with Crippen molar-refractivity contribution >= 4 is 108 Å². The second kappa shape index (κ2) is 11.1. The molecule has 13 aromatic carbocycles. The number of hydrogen-bond acceptors (Lipinski definition) is 0. The first-order valence-corrected chi connectivity index (χ1v) is 19.6. The van der Waals surface area contributed by atoms with E-state index < -0.39 is 0 Å². The third-order valence-corrected chi connectivity index (χ3v) is 12.7. The molecule has 0 radical (unpaired) electrons. The normalized spacial score (nSPS) is 12.3. The zero-order chi connectivity index (χ0) is 36.5. The van der Waals surface area contributed by atoms with Crippen molar-refractivity contribution in [1.82, 2.24) is 0 Å². The maximum absolute atomic E-state index is 2.51. The van der Waals surface area contributed by atoms with Crippen molar-refractivity contribution in [3.05, 3.63) is 194 Å². The zero-order valence-electron chi connectivity index (χ0n) is 30.5. The minimum atomic E-state index is 1.25. The van der Waals surface area contributed by atoms with Crippen molar-refractivity contribution in [3.63, 3.8) is 0 Å². The molecule has 0 aromatic heterocycles. The van der Waals surface area contributed by atoms with E-state index in [4.69, 9.17) is 0 Å². The van der Waals surface area contributed by atoms with E-state index in [-0.39, 0.29) is 0 Å². The van der Waals surface area contributed by atoms with Crippen molar-refractivity contribution in [2.45, 2.75) is 0 Å². The van der Waals surface area contributed by atoms with Crippen LogP contribution < -0.4 is 0 Å². The lowest BCUT2D eigenvalue weighted by Crippen LogP contribution is -1.95. The van der Waals surface area contributed by atoms with Crippen molar-refractivity contribution in [3.8, 4) is 22.3 Å². The van der Waals surface area contributed by atoms with Crippen molar-refractivity contribution in [1.29, 1.82) is 0 Å². The van der Waals surface area contributed by atoms with Gasteiger partial charge in [0.1, 0.15) is 0 Å². The summed E-state index contributed by atoms with van der Waals surface area (Å²) in [7, 11) is 0. The predicted octanol–water partition coefficient (Wildman–Crippen LogP) is 16.0. The van der Waals surface area contributed by atoms with Gasteiger partial charge in [-0.25, -0.2) is 0 Å². The van der Waals surface area contributed by atoms with Crippen LogP contribution in [-0.2, 0) is 0 Å². The average Bonchev–Trinajstić information content (AvgIpc) is 3.27. The average molecular weight is 705 g/mol. The highest BCUT2D eigenvalue weighted by Gasteiger charge is 2.23. The number of hydrogen-bond donors (Lipinski definition) is 0. The molecule has 0 spiro atoms. The molecule has 0 saturated heterocycles. The van der Waals surface area contributed by atoms with Gasteiger partial charge in [0.2, 0.25) is 0 Å². The Kier molecular flexibility index (Phi) is 5.98. The largest absolute Gasteiger partial charge is 0.0616 e. The molecule has 0 atom stereocenters. The highest BCUT2D eigenvalue weighted by Crippen LogP contribution is 2.51. The molecule has 0 nitrogen and oxygen atoms in total. The Hall–Kier alpha value is -7.28. The van der Waals surface area contributed by atoms with E-state index >= 15 is 0 Å². The maximum atomic E-state index is 2.51. The SMILES string of the molecule is c1ccc2c(c1)ccc1c(-c3cc4c5ccccc5c5ccccc5c4c4ccccc34)c3ccccc3c(-c3ccc4ccc5cccc6ccc3c4c56)c12. The Bertz CT molecular complexity index is 3790. The molecule has 0 heteroatoms. The molecule has 0 unspecified atom stereocenters. The Morgan fingerprint density at radius 1 is 0.179 bits per heavy atom. The molecule has 0 heterocycles. The van der Waals surface area contributed by atoms with Crippen molar-refractivity contribution < 1.29 is 0 Å². The standard InChI is InChI=1S/C56H32/c1-2-15-37-33(12-1)26-31-48-54(50-32-49-40-18-4-3-16-38(40)39-17-5-7-20-42(39)53(49)43-21-8-6-19-41(43)50)44-22-9-10-23-45(44)56(55(37)48)47-30-28-36-25-24-34-13-11-14-35-27-29-46(47)52(36)51(34)35/h1-32H. The summed E-state index contributed by atoms with van der Waals surface area (Å²) in [6, 6.07) is 73.0. The second-order valence-corrected chi connectivity index (χ2v) is 15.5. The highest BCUT2D eigenvalue weighted by atomic mass is 14.3. The minimum Gasteiger partial charge on any atom is -0.0616 e. The highest BCUT2D eigenvalue weighted by molar-refractivity contribution is 6.37. The van der Waals surface area contributed by atoms with Crippen LogP contribution in [0.2, 0.25) is 0 Å². The van der Waals surface area contributed by atoms with Crippen LogP contribution in [0.4, 0.5) is 0 Å². The summed E-state index contributed by atoms with van der Waals surface area (Å²) < 4.78 is 0. The van der Waals surface area contributed by atoms with Crippen LogP contribution in [0.1, 0.15) is 0 Å². The summed E-state index contributed by atoms with van der Waals surface area (Å²) in [5.41, 5.74) is 5.14. The number of benzene rings is 13. The lowest BCUT2D eigenvalue weighted by molar-refractivity contribution is 1.71. The fraction of sp³-hybridized carbons (Fsp3) is 0. The Balaban J connectivity index is 1.26. The van der Waals surface area contributed by atoms with Gasteiger partial charge in [0.25, 0.3) is 0 Å². The minimum absolute atomic E-state index is 1.25. The summed E-state index contributed by atoms with van der Waals surface area (Å²) in [6.07, 6.45) is 0. The Morgan fingerprint density at radius 2 is 0.643 bits per heavy atom. The van der Waals surface area contributed by atoms with E-state index in [1.807, 2.05) is 0 Å². The molecule has 0 aliphatic carbocycles. The topological polar surface area (TPSA) is 0 Å². The van der Waals surface area contributed by atoms with Gasteiger partial charge >= 0.3 is 0 Å². The zero-order valence-corrected chi connectivity index (χ0v) is 30.5. The van der Waals surface area contributed by atoms with Gasteiger partial charge in [0, 0.05) is 0 Å². The quantitative estimate of drug-likeness (QED) is 0.124. The van der Waals surface area contributed by atoms with Gasteiger partial charge in [0.05, 0.1) is 0 Å². The molecule has 256 valence electrons. The first-order chi connectivity index (χ1) is 27.8. The maximum Gasteiger partial charge on any atom is -0.00139 e. The molecule has 13 rings (SSSR count). The van der Waals surface area contributed by atoms with E-state index in [2.05, 4.69) is 194 Å².